The van der Waals surface area contributed by atoms with E-state index in [2.05, 4.69) is 0 Å². The maximum atomic E-state index is 12.2. The van der Waals surface area contributed by atoms with Crippen molar-refractivity contribution in [3.63, 3.8) is 0 Å². The molecule has 0 aromatic heterocycles. The summed E-state index contributed by atoms with van der Waals surface area (Å²) in [6.45, 7) is 8.94. The van der Waals surface area contributed by atoms with Crippen molar-refractivity contribution in [2.75, 3.05) is 25.5 Å². The molecule has 2 rings (SSSR count). The number of hydrogen-bond acceptors (Lipinski definition) is 5. The predicted molar refractivity (Wildman–Crippen MR) is 99.8 cm³/mol. The van der Waals surface area contributed by atoms with E-state index in [0.717, 1.165) is 11.5 Å². The molecule has 0 aliphatic carbocycles. The van der Waals surface area contributed by atoms with Crippen LogP contribution >= 0.6 is 11.8 Å². The number of carbonyl (C=O) groups excluding carboxylic acids is 2. The summed E-state index contributed by atoms with van der Waals surface area (Å²) >= 11 is 1.40. The molecule has 5 nitrogen and oxygen atoms in total. The van der Waals surface area contributed by atoms with Crippen LogP contribution in [0.15, 0.2) is 35.4 Å². The highest BCUT2D eigenvalue weighted by Gasteiger charge is 2.29. The van der Waals surface area contributed by atoms with Crippen molar-refractivity contribution in [1.29, 1.82) is 0 Å². The topological polar surface area (TPSA) is 55.8 Å². The summed E-state index contributed by atoms with van der Waals surface area (Å²) < 4.78 is 11.1. The molecule has 1 aromatic rings. The number of amides is 1. The maximum absolute atomic E-state index is 12.2. The van der Waals surface area contributed by atoms with Gasteiger partial charge in [-0.05, 0) is 31.2 Å². The molecule has 0 spiro atoms. The summed E-state index contributed by atoms with van der Waals surface area (Å²) in [5, 5.41) is 0.709. The first-order valence-corrected chi connectivity index (χ1v) is 9.35. The summed E-state index contributed by atoms with van der Waals surface area (Å²) in [5.74, 6) is 1.91. The average molecular weight is 363 g/mol. The molecule has 0 radical (unpaired) electrons. The SMILES string of the molecule is CCOc1ccc(OCCN2C(=O)CS/C2=C/C(=O)C(C)(C)C)cc1. The van der Waals surface area contributed by atoms with Crippen LogP contribution in [0.5, 0.6) is 11.5 Å². The zero-order valence-electron chi connectivity index (χ0n) is 15.2. The van der Waals surface area contributed by atoms with Crippen LogP contribution in [-0.4, -0.2) is 42.1 Å². The van der Waals surface area contributed by atoms with Crippen molar-refractivity contribution in [2.45, 2.75) is 27.7 Å². The minimum Gasteiger partial charge on any atom is -0.494 e. The lowest BCUT2D eigenvalue weighted by Crippen LogP contribution is -2.30. The van der Waals surface area contributed by atoms with Gasteiger partial charge in [0.2, 0.25) is 5.91 Å². The number of benzene rings is 1. The van der Waals surface area contributed by atoms with Gasteiger partial charge in [-0.1, -0.05) is 32.5 Å². The molecule has 1 heterocycles. The van der Waals surface area contributed by atoms with Crippen LogP contribution in [0.1, 0.15) is 27.7 Å². The molecule has 0 unspecified atom stereocenters. The quantitative estimate of drug-likeness (QED) is 0.694. The zero-order valence-corrected chi connectivity index (χ0v) is 16.0. The number of carbonyl (C=O) groups is 2. The van der Waals surface area contributed by atoms with Gasteiger partial charge in [0.15, 0.2) is 5.78 Å². The van der Waals surface area contributed by atoms with Crippen molar-refractivity contribution in [3.05, 3.63) is 35.4 Å². The molecule has 1 saturated heterocycles. The second-order valence-electron chi connectivity index (χ2n) is 6.68. The van der Waals surface area contributed by atoms with E-state index in [1.165, 1.54) is 11.8 Å². The monoisotopic (exact) mass is 363 g/mol. The van der Waals surface area contributed by atoms with Crippen LogP contribution in [0.2, 0.25) is 0 Å². The van der Waals surface area contributed by atoms with E-state index in [-0.39, 0.29) is 11.7 Å². The first kappa shape index (κ1) is 19.4. The van der Waals surface area contributed by atoms with E-state index < -0.39 is 5.41 Å². The van der Waals surface area contributed by atoms with Gasteiger partial charge >= 0.3 is 0 Å². The van der Waals surface area contributed by atoms with E-state index in [1.807, 2.05) is 52.0 Å². The fourth-order valence-electron chi connectivity index (χ4n) is 2.15. The molecule has 25 heavy (non-hydrogen) atoms. The van der Waals surface area contributed by atoms with E-state index in [9.17, 15) is 9.59 Å². The summed E-state index contributed by atoms with van der Waals surface area (Å²) in [4.78, 5) is 25.9. The molecule has 136 valence electrons. The molecular weight excluding hydrogens is 338 g/mol. The standard InChI is InChI=1S/C19H25NO4S/c1-5-23-14-6-8-15(9-7-14)24-11-10-20-17(22)13-25-18(20)12-16(21)19(2,3)4/h6-9,12H,5,10-11,13H2,1-4H3/b18-12+. The molecule has 0 atom stereocenters. The summed E-state index contributed by atoms with van der Waals surface area (Å²) in [6, 6.07) is 7.38. The number of nitrogens with zero attached hydrogens (tertiary/aromatic N) is 1. The zero-order chi connectivity index (χ0) is 18.4. The van der Waals surface area contributed by atoms with Crippen LogP contribution in [0.4, 0.5) is 0 Å². The van der Waals surface area contributed by atoms with E-state index in [0.29, 0.717) is 30.5 Å². The van der Waals surface area contributed by atoms with Crippen LogP contribution in [0.25, 0.3) is 0 Å². The van der Waals surface area contributed by atoms with Crippen molar-refractivity contribution >= 4 is 23.5 Å². The van der Waals surface area contributed by atoms with Crippen LogP contribution < -0.4 is 9.47 Å². The third-order valence-electron chi connectivity index (χ3n) is 3.62. The number of thioether (sulfide) groups is 1. The Morgan fingerprint density at radius 1 is 1.20 bits per heavy atom. The molecule has 1 aliphatic heterocycles. The molecule has 0 N–H and O–H groups in total. The second kappa shape index (κ2) is 8.43. The Labute approximate surface area is 153 Å². The lowest BCUT2D eigenvalue weighted by atomic mass is 9.91. The van der Waals surface area contributed by atoms with Gasteiger partial charge in [-0.3, -0.25) is 9.59 Å². The van der Waals surface area contributed by atoms with Crippen molar-refractivity contribution in [2.24, 2.45) is 5.41 Å². The van der Waals surface area contributed by atoms with E-state index in [1.54, 1.807) is 11.0 Å². The number of rotatable bonds is 7. The lowest BCUT2D eigenvalue weighted by Gasteiger charge is -2.19. The number of allylic oxidation sites excluding steroid dienone is 1. The largest absolute Gasteiger partial charge is 0.494 e. The predicted octanol–water partition coefficient (Wildman–Crippen LogP) is 3.50. The minimum absolute atomic E-state index is 0.00764. The van der Waals surface area contributed by atoms with E-state index >= 15 is 0 Å². The van der Waals surface area contributed by atoms with Gasteiger partial charge in [-0.2, -0.15) is 0 Å². The average Bonchev–Trinajstić information content (AvgIpc) is 2.89. The number of hydrogen-bond donors (Lipinski definition) is 0. The Bertz CT molecular complexity index is 646. The maximum Gasteiger partial charge on any atom is 0.237 e. The molecule has 0 bridgehead atoms. The Balaban J connectivity index is 1.92. The van der Waals surface area contributed by atoms with Crippen LogP contribution in [-0.2, 0) is 9.59 Å². The minimum atomic E-state index is -0.455. The molecule has 1 aromatic carbocycles. The summed E-state index contributed by atoms with van der Waals surface area (Å²) in [7, 11) is 0. The highest BCUT2D eigenvalue weighted by molar-refractivity contribution is 8.04. The van der Waals surface area contributed by atoms with Crippen LogP contribution in [0.3, 0.4) is 0 Å². The normalized spacial score (nSPS) is 16.4. The fourth-order valence-corrected chi connectivity index (χ4v) is 3.12. The molecule has 1 amide bonds. The van der Waals surface area contributed by atoms with E-state index in [4.69, 9.17) is 9.47 Å². The van der Waals surface area contributed by atoms with Gasteiger partial charge in [0.1, 0.15) is 18.1 Å². The highest BCUT2D eigenvalue weighted by Crippen LogP contribution is 2.30. The second-order valence-corrected chi connectivity index (χ2v) is 7.68. The molecule has 0 saturated carbocycles. The Hall–Kier alpha value is -1.95. The van der Waals surface area contributed by atoms with Gasteiger partial charge in [0.25, 0.3) is 0 Å². The van der Waals surface area contributed by atoms with Gasteiger partial charge < -0.3 is 14.4 Å². The molecular formula is C19H25NO4S. The van der Waals surface area contributed by atoms with Gasteiger partial charge in [-0.25, -0.2) is 0 Å². The van der Waals surface area contributed by atoms with Gasteiger partial charge in [0.05, 0.1) is 23.9 Å². The molecule has 1 fully saturated rings. The number of ether oxygens (including phenoxy) is 2. The Morgan fingerprint density at radius 3 is 2.36 bits per heavy atom. The van der Waals surface area contributed by atoms with Crippen molar-refractivity contribution < 1.29 is 19.1 Å². The van der Waals surface area contributed by atoms with Gasteiger partial charge in [0, 0.05) is 11.5 Å². The first-order chi connectivity index (χ1) is 11.8. The first-order valence-electron chi connectivity index (χ1n) is 8.36. The molecule has 6 heteroatoms. The Kier molecular flexibility index (Phi) is 6.53. The summed E-state index contributed by atoms with van der Waals surface area (Å²) in [6.07, 6.45) is 1.58. The molecule has 1 aliphatic rings. The third kappa shape index (κ3) is 5.53. The fraction of sp³-hybridized carbons (Fsp3) is 0.474. The van der Waals surface area contributed by atoms with Crippen LogP contribution in [0, 0.1) is 5.41 Å². The van der Waals surface area contributed by atoms with Crippen molar-refractivity contribution in [1.82, 2.24) is 4.90 Å². The smallest absolute Gasteiger partial charge is 0.237 e. The third-order valence-corrected chi connectivity index (χ3v) is 4.65. The van der Waals surface area contributed by atoms with Crippen molar-refractivity contribution in [3.8, 4) is 11.5 Å². The summed E-state index contributed by atoms with van der Waals surface area (Å²) in [5.41, 5.74) is -0.455. The highest BCUT2D eigenvalue weighted by atomic mass is 32.2. The van der Waals surface area contributed by atoms with Gasteiger partial charge in [-0.15, -0.1) is 0 Å². The Morgan fingerprint density at radius 2 is 1.80 bits per heavy atom. The lowest BCUT2D eigenvalue weighted by molar-refractivity contribution is -0.125. The number of ketones is 1.